The van der Waals surface area contributed by atoms with Crippen molar-refractivity contribution in [1.29, 1.82) is 0 Å². The quantitative estimate of drug-likeness (QED) is 0.246. The van der Waals surface area contributed by atoms with Crippen LogP contribution in [0.15, 0.2) is 97.1 Å². The van der Waals surface area contributed by atoms with E-state index in [1.807, 2.05) is 107 Å². The zero-order valence-electron chi connectivity index (χ0n) is 26.3. The monoisotopic (exact) mass is 588 g/mol. The van der Waals surface area contributed by atoms with Crippen LogP contribution in [0.1, 0.15) is 47.9 Å². The van der Waals surface area contributed by atoms with Crippen LogP contribution in [0.5, 0.6) is 0 Å². The summed E-state index contributed by atoms with van der Waals surface area (Å²) in [6, 6.07) is 32.3. The van der Waals surface area contributed by atoms with Gasteiger partial charge >= 0.3 is 0 Å². The molecule has 1 unspecified atom stereocenters. The normalized spacial score (nSPS) is 17.5. The Hall–Kier alpha value is -4.26. The van der Waals surface area contributed by atoms with E-state index in [9.17, 15) is 9.59 Å². The second-order valence-electron chi connectivity index (χ2n) is 12.0. The van der Waals surface area contributed by atoms with Crippen LogP contribution in [-0.2, 0) is 9.59 Å². The fraction of sp³-hybridized carbons (Fsp3) is 0.316. The first-order valence-electron chi connectivity index (χ1n) is 15.7. The van der Waals surface area contributed by atoms with Gasteiger partial charge in [0.15, 0.2) is 0 Å². The molecule has 2 amide bonds. The Labute approximate surface area is 262 Å². The summed E-state index contributed by atoms with van der Waals surface area (Å²) in [6.45, 7) is 10.1. The third-order valence-corrected chi connectivity index (χ3v) is 8.33. The molecule has 44 heavy (non-hydrogen) atoms. The van der Waals surface area contributed by atoms with Gasteiger partial charge in [0.25, 0.3) is 0 Å². The molecular weight excluding hydrogens is 544 g/mol. The molecule has 0 radical (unpaired) electrons. The first-order chi connectivity index (χ1) is 21.3. The summed E-state index contributed by atoms with van der Waals surface area (Å²) in [4.78, 5) is 29.6. The van der Waals surface area contributed by atoms with Crippen LogP contribution in [0.4, 0.5) is 22.7 Å². The lowest BCUT2D eigenvalue weighted by Crippen LogP contribution is -2.41. The average Bonchev–Trinajstić information content (AvgIpc) is 3.77. The van der Waals surface area contributed by atoms with Crippen molar-refractivity contribution >= 4 is 34.6 Å². The molecule has 0 spiro atoms. The fourth-order valence-electron chi connectivity index (χ4n) is 5.68. The van der Waals surface area contributed by atoms with Crippen molar-refractivity contribution in [2.24, 2.45) is 0 Å². The molecule has 6 rings (SSSR count). The minimum Gasteiger partial charge on any atom is -0.306 e. The van der Waals surface area contributed by atoms with Crippen LogP contribution < -0.4 is 20.4 Å². The summed E-state index contributed by atoms with van der Waals surface area (Å²) in [6.07, 6.45) is 3.94. The molecule has 2 N–H and O–H groups in total. The second kappa shape index (κ2) is 14.5. The number of nitrogens with zero attached hydrogens (tertiary/aromatic N) is 2. The minimum absolute atomic E-state index is 0.0809. The smallest absolute Gasteiger partial charge is 0.248 e. The van der Waals surface area contributed by atoms with E-state index < -0.39 is 0 Å². The molecule has 2 heterocycles. The molecule has 2 saturated heterocycles. The Morgan fingerprint density at radius 2 is 0.727 bits per heavy atom. The van der Waals surface area contributed by atoms with E-state index in [1.54, 1.807) is 0 Å². The Kier molecular flexibility index (Phi) is 10.3. The van der Waals surface area contributed by atoms with Gasteiger partial charge in [-0.3, -0.25) is 19.4 Å². The Bertz CT molecular complexity index is 1310. The van der Waals surface area contributed by atoms with Gasteiger partial charge < -0.3 is 10.6 Å². The van der Waals surface area contributed by atoms with Crippen LogP contribution in [0, 0.1) is 27.7 Å². The maximum Gasteiger partial charge on any atom is 0.248 e. The van der Waals surface area contributed by atoms with Crippen LogP contribution in [-0.4, -0.2) is 37.0 Å². The number of anilines is 4. The largest absolute Gasteiger partial charge is 0.306 e. The lowest BCUT2D eigenvalue weighted by Gasteiger charge is -2.26. The van der Waals surface area contributed by atoms with Crippen molar-refractivity contribution in [3.63, 3.8) is 0 Å². The molecule has 4 aromatic carbocycles. The summed E-state index contributed by atoms with van der Waals surface area (Å²) in [5.74, 6) is 0.260. The first kappa shape index (κ1) is 31.2. The average molecular weight is 589 g/mol. The number of rotatable bonds is 6. The number of hydrogen-bond acceptors (Lipinski definition) is 4. The molecule has 2 aliphatic heterocycles. The van der Waals surface area contributed by atoms with Gasteiger partial charge in [0.2, 0.25) is 11.8 Å². The number of amides is 2. The van der Waals surface area contributed by atoms with Crippen LogP contribution in [0.3, 0.4) is 0 Å². The maximum absolute atomic E-state index is 13.0. The lowest BCUT2D eigenvalue weighted by molar-refractivity contribution is -0.120. The number of nitrogens with one attached hydrogen (secondary N) is 2. The number of hydrogen-bond donors (Lipinski definition) is 2. The number of carbonyl (C=O) groups excluding carboxylic acids is 2. The van der Waals surface area contributed by atoms with Gasteiger partial charge in [-0.1, -0.05) is 70.8 Å². The molecule has 0 aliphatic carbocycles. The van der Waals surface area contributed by atoms with E-state index in [0.717, 1.165) is 61.5 Å². The van der Waals surface area contributed by atoms with Gasteiger partial charge in [-0.25, -0.2) is 0 Å². The van der Waals surface area contributed by atoms with Crippen molar-refractivity contribution in [3.05, 3.63) is 119 Å². The van der Waals surface area contributed by atoms with E-state index in [-0.39, 0.29) is 23.9 Å². The topological polar surface area (TPSA) is 64.7 Å². The van der Waals surface area contributed by atoms with E-state index in [4.69, 9.17) is 0 Å². The van der Waals surface area contributed by atoms with Gasteiger partial charge in [-0.05, 0) is 115 Å². The fourth-order valence-corrected chi connectivity index (χ4v) is 5.68. The van der Waals surface area contributed by atoms with E-state index in [1.165, 1.54) is 22.3 Å². The minimum atomic E-state index is -0.0809. The number of benzene rings is 4. The molecule has 2 fully saturated rings. The highest BCUT2D eigenvalue weighted by Crippen LogP contribution is 2.29. The summed E-state index contributed by atoms with van der Waals surface area (Å²) < 4.78 is 0. The van der Waals surface area contributed by atoms with E-state index >= 15 is 0 Å². The summed E-state index contributed by atoms with van der Waals surface area (Å²) in [5, 5.41) is 6.62. The van der Waals surface area contributed by atoms with Crippen molar-refractivity contribution < 1.29 is 9.59 Å². The molecule has 0 aromatic heterocycles. The third-order valence-electron chi connectivity index (χ3n) is 8.33. The summed E-state index contributed by atoms with van der Waals surface area (Å²) >= 11 is 0. The van der Waals surface area contributed by atoms with E-state index in [2.05, 4.69) is 38.3 Å². The summed E-state index contributed by atoms with van der Waals surface area (Å²) in [7, 11) is 0. The predicted molar refractivity (Wildman–Crippen MR) is 181 cm³/mol. The zero-order chi connectivity index (χ0) is 31.1. The van der Waals surface area contributed by atoms with Crippen molar-refractivity contribution in [1.82, 2.24) is 10.6 Å². The Balaban J connectivity index is 0.000000175. The van der Waals surface area contributed by atoms with Crippen molar-refractivity contribution in [3.8, 4) is 0 Å². The van der Waals surface area contributed by atoms with Gasteiger partial charge in [-0.15, -0.1) is 0 Å². The highest BCUT2D eigenvalue weighted by molar-refractivity contribution is 6.04. The summed E-state index contributed by atoms with van der Waals surface area (Å²) in [5.41, 5.74) is 8.47. The molecule has 6 nitrogen and oxygen atoms in total. The van der Waals surface area contributed by atoms with Crippen molar-refractivity contribution in [2.45, 2.75) is 65.5 Å². The molecule has 0 bridgehead atoms. The van der Waals surface area contributed by atoms with Gasteiger partial charge in [-0.2, -0.15) is 0 Å². The molecule has 2 aliphatic rings. The standard InChI is InChI=1S/2C19H22N2O/c2*1-14-5-9-16(10-6-14)21(17-11-7-15(2)8-12-17)19(22)18-4-3-13-20-18/h2*5-12,18,20H,3-4,13H2,1-2H3/t18-;/m0./s1. The Morgan fingerprint density at radius 3 is 0.932 bits per heavy atom. The van der Waals surface area contributed by atoms with Crippen LogP contribution in [0.2, 0.25) is 0 Å². The first-order valence-corrected chi connectivity index (χ1v) is 15.7. The third kappa shape index (κ3) is 7.62. The second-order valence-corrected chi connectivity index (χ2v) is 12.0. The zero-order valence-corrected chi connectivity index (χ0v) is 26.3. The van der Waals surface area contributed by atoms with Crippen LogP contribution in [0.25, 0.3) is 0 Å². The van der Waals surface area contributed by atoms with Crippen LogP contribution >= 0.6 is 0 Å². The maximum atomic E-state index is 13.0. The molecule has 228 valence electrons. The van der Waals surface area contributed by atoms with E-state index in [0.29, 0.717) is 0 Å². The molecule has 0 saturated carbocycles. The number of carbonyl (C=O) groups is 2. The molecule has 4 aromatic rings. The molecular formula is C38H44N4O2. The SMILES string of the molecule is Cc1ccc(N(C(=O)C2CCCN2)c2ccc(C)cc2)cc1.Cc1ccc(N(C(=O)[C@@H]2CCCN2)c2ccc(C)cc2)cc1. The molecule has 2 atom stereocenters. The predicted octanol–water partition coefficient (Wildman–Crippen LogP) is 7.44. The lowest BCUT2D eigenvalue weighted by atomic mass is 10.1. The Morgan fingerprint density at radius 1 is 0.477 bits per heavy atom. The highest BCUT2D eigenvalue weighted by Gasteiger charge is 2.30. The highest BCUT2D eigenvalue weighted by atomic mass is 16.2. The van der Waals surface area contributed by atoms with Gasteiger partial charge in [0.05, 0.1) is 12.1 Å². The molecule has 6 heteroatoms. The number of aryl methyl sites for hydroxylation is 4. The van der Waals surface area contributed by atoms with Gasteiger partial charge in [0, 0.05) is 22.7 Å². The van der Waals surface area contributed by atoms with Crippen molar-refractivity contribution in [2.75, 3.05) is 22.9 Å². The van der Waals surface area contributed by atoms with Gasteiger partial charge in [0.1, 0.15) is 0 Å².